The van der Waals surface area contributed by atoms with Gasteiger partial charge in [-0.05, 0) is 152 Å². The Kier molecular flexibility index (Phi) is 16.1. The Hall–Kier alpha value is -3.08. The number of allylic oxidation sites excluding steroid dienone is 1. The molecule has 0 amide bonds. The van der Waals surface area contributed by atoms with Crippen LogP contribution >= 0.6 is 0 Å². The molecule has 8 atom stereocenters. The van der Waals surface area contributed by atoms with E-state index in [2.05, 4.69) is 59.8 Å². The van der Waals surface area contributed by atoms with E-state index in [1.165, 1.54) is 70.6 Å². The molecule has 4 aliphatic rings. The minimum atomic E-state index is -0.254. The minimum absolute atomic E-state index is 0.0323. The van der Waals surface area contributed by atoms with Crippen molar-refractivity contribution in [1.29, 1.82) is 0 Å². The zero-order valence-corrected chi connectivity index (χ0v) is 37.3. The minimum Gasteiger partial charge on any atom is -0.494 e. The average Bonchev–Trinajstić information content (AvgIpc) is 3.58. The summed E-state index contributed by atoms with van der Waals surface area (Å²) in [5, 5.41) is 0. The van der Waals surface area contributed by atoms with E-state index < -0.39 is 0 Å². The highest BCUT2D eigenvalue weighted by atomic mass is 16.5. The highest BCUT2D eigenvalue weighted by molar-refractivity contribution is 5.90. The third kappa shape index (κ3) is 11.0. The molecular weight excluding hydrogens is 717 g/mol. The molecule has 0 unspecified atom stereocenters. The van der Waals surface area contributed by atoms with Crippen LogP contribution in [0.3, 0.4) is 0 Å². The van der Waals surface area contributed by atoms with Crippen LogP contribution < -0.4 is 4.74 Å². The lowest BCUT2D eigenvalue weighted by Gasteiger charge is -2.58. The van der Waals surface area contributed by atoms with Crippen molar-refractivity contribution in [3.63, 3.8) is 0 Å². The van der Waals surface area contributed by atoms with Gasteiger partial charge in [-0.1, -0.05) is 122 Å². The van der Waals surface area contributed by atoms with Crippen molar-refractivity contribution in [2.45, 2.75) is 176 Å². The molecule has 0 N–H and O–H groups in total. The summed E-state index contributed by atoms with van der Waals surface area (Å²) in [4.78, 5) is 25.4. The van der Waals surface area contributed by atoms with Crippen molar-refractivity contribution in [3.8, 4) is 16.9 Å². The fourth-order valence-corrected chi connectivity index (χ4v) is 12.2. The van der Waals surface area contributed by atoms with Crippen LogP contribution in [-0.2, 0) is 14.3 Å². The smallest absolute Gasteiger partial charge is 0.338 e. The van der Waals surface area contributed by atoms with Gasteiger partial charge in [0.1, 0.15) is 11.9 Å². The number of esters is 2. The lowest BCUT2D eigenvalue weighted by Crippen LogP contribution is -2.51. The largest absolute Gasteiger partial charge is 0.494 e. The van der Waals surface area contributed by atoms with Crippen LogP contribution in [0.5, 0.6) is 5.75 Å². The molecule has 3 fully saturated rings. The molecule has 5 heteroatoms. The van der Waals surface area contributed by atoms with Gasteiger partial charge in [-0.15, -0.1) is 0 Å². The van der Waals surface area contributed by atoms with Crippen LogP contribution in [0, 0.1) is 46.3 Å². The van der Waals surface area contributed by atoms with Crippen molar-refractivity contribution in [2.75, 3.05) is 13.2 Å². The number of carbonyl (C=O) groups is 2. The van der Waals surface area contributed by atoms with Gasteiger partial charge >= 0.3 is 11.9 Å². The van der Waals surface area contributed by atoms with Gasteiger partial charge in [0.05, 0.1) is 18.8 Å². The standard InChI is InChI=1S/C53H78O5/c1-7-8-9-10-13-36-57-51(55)42-21-19-40(20-22-42)41-23-26-44(27-24-41)56-35-14-11-12-18-50(54)58-45-31-33-52(5)43(37-45)25-28-46-48-30-29-47(39(4)17-15-16-38(2)3)53(48,6)34-32-49(46)52/h19-27,38-39,45-49H,7-18,28-37H2,1-6H3/t39-,45+,46+,47-,48+,49+,52+,53-/m1/s1. The van der Waals surface area contributed by atoms with Crippen LogP contribution in [-0.4, -0.2) is 31.3 Å². The molecule has 0 aliphatic heterocycles. The van der Waals surface area contributed by atoms with Crippen molar-refractivity contribution < 1.29 is 23.8 Å². The zero-order chi connectivity index (χ0) is 41.1. The Balaban J connectivity index is 0.866. The maximum Gasteiger partial charge on any atom is 0.338 e. The lowest BCUT2D eigenvalue weighted by molar-refractivity contribution is -0.151. The Labute approximate surface area is 352 Å². The Bertz CT molecular complexity index is 1620. The molecule has 2 aromatic carbocycles. The summed E-state index contributed by atoms with van der Waals surface area (Å²) in [6.07, 6.45) is 25.7. The van der Waals surface area contributed by atoms with E-state index in [1.54, 1.807) is 5.57 Å². The molecule has 4 aliphatic carbocycles. The Morgan fingerprint density at radius 3 is 2.19 bits per heavy atom. The number of benzene rings is 2. The van der Waals surface area contributed by atoms with Gasteiger partial charge in [-0.25, -0.2) is 4.79 Å². The first kappa shape index (κ1) is 44.5. The number of hydrogen-bond donors (Lipinski definition) is 0. The number of unbranched alkanes of at least 4 members (excludes halogenated alkanes) is 6. The first-order valence-corrected chi connectivity index (χ1v) is 23.9. The van der Waals surface area contributed by atoms with Crippen LogP contribution in [0.2, 0.25) is 0 Å². The van der Waals surface area contributed by atoms with Crippen LogP contribution in [0.1, 0.15) is 180 Å². The predicted octanol–water partition coefficient (Wildman–Crippen LogP) is 14.4. The van der Waals surface area contributed by atoms with Gasteiger partial charge in [0.25, 0.3) is 0 Å². The van der Waals surface area contributed by atoms with Crippen molar-refractivity contribution >= 4 is 11.9 Å². The second-order valence-corrected chi connectivity index (χ2v) is 20.0. The molecule has 0 radical (unpaired) electrons. The maximum atomic E-state index is 13.0. The lowest BCUT2D eigenvalue weighted by atomic mass is 9.47. The molecule has 2 aromatic rings. The van der Waals surface area contributed by atoms with E-state index >= 15 is 0 Å². The van der Waals surface area contributed by atoms with Crippen LogP contribution in [0.25, 0.3) is 11.1 Å². The number of rotatable bonds is 21. The maximum absolute atomic E-state index is 13.0. The van der Waals surface area contributed by atoms with Gasteiger partial charge in [0.2, 0.25) is 0 Å². The van der Waals surface area contributed by atoms with Crippen molar-refractivity contribution in [3.05, 3.63) is 65.7 Å². The van der Waals surface area contributed by atoms with Gasteiger partial charge in [-0.2, -0.15) is 0 Å². The number of hydrogen-bond acceptors (Lipinski definition) is 5. The number of fused-ring (bicyclic) bond motifs is 5. The zero-order valence-electron chi connectivity index (χ0n) is 37.3. The summed E-state index contributed by atoms with van der Waals surface area (Å²) in [5.74, 6) is 5.63. The first-order valence-electron chi connectivity index (χ1n) is 23.9. The van der Waals surface area contributed by atoms with Crippen LogP contribution in [0.4, 0.5) is 0 Å². The first-order chi connectivity index (χ1) is 28.0. The molecule has 5 nitrogen and oxygen atoms in total. The fraction of sp³-hybridized carbons (Fsp3) is 0.698. The second kappa shape index (κ2) is 20.9. The normalized spacial score (nSPS) is 28.2. The van der Waals surface area contributed by atoms with Crippen LogP contribution in [0.15, 0.2) is 60.2 Å². The third-order valence-corrected chi connectivity index (χ3v) is 15.6. The molecule has 58 heavy (non-hydrogen) atoms. The molecule has 0 aromatic heterocycles. The van der Waals surface area contributed by atoms with E-state index in [0.717, 1.165) is 104 Å². The topological polar surface area (TPSA) is 61.8 Å². The molecule has 320 valence electrons. The quantitative estimate of drug-likeness (QED) is 0.0715. The van der Waals surface area contributed by atoms with E-state index in [4.69, 9.17) is 14.2 Å². The molecule has 0 heterocycles. The molecule has 0 saturated heterocycles. The summed E-state index contributed by atoms with van der Waals surface area (Å²) in [6.45, 7) is 15.9. The Morgan fingerprint density at radius 2 is 1.45 bits per heavy atom. The summed E-state index contributed by atoms with van der Waals surface area (Å²) in [6, 6.07) is 15.7. The van der Waals surface area contributed by atoms with E-state index in [0.29, 0.717) is 30.6 Å². The SMILES string of the molecule is CCCCCCCOC(=O)c1ccc(-c2ccc(OCCCCCC(=O)O[C@H]3CC[C@@]4(C)C(=CC[C@H]5[C@@H]6CC[C@H]([C@H](C)CCCC(C)C)[C@@]6(C)CC[C@@H]54)C3)cc2)cc1. The van der Waals surface area contributed by atoms with E-state index in [-0.39, 0.29) is 23.5 Å². The summed E-state index contributed by atoms with van der Waals surface area (Å²) < 4.78 is 17.6. The summed E-state index contributed by atoms with van der Waals surface area (Å²) in [7, 11) is 0. The van der Waals surface area contributed by atoms with Gasteiger partial charge in [0, 0.05) is 12.8 Å². The molecule has 0 spiro atoms. The predicted molar refractivity (Wildman–Crippen MR) is 238 cm³/mol. The van der Waals surface area contributed by atoms with E-state index in [1.807, 2.05) is 36.4 Å². The summed E-state index contributed by atoms with van der Waals surface area (Å²) >= 11 is 0. The third-order valence-electron chi connectivity index (χ3n) is 15.6. The monoisotopic (exact) mass is 795 g/mol. The highest BCUT2D eigenvalue weighted by Crippen LogP contribution is 2.67. The van der Waals surface area contributed by atoms with Crippen molar-refractivity contribution in [2.24, 2.45) is 46.3 Å². The van der Waals surface area contributed by atoms with Gasteiger partial charge in [-0.3, -0.25) is 4.79 Å². The van der Waals surface area contributed by atoms with Crippen molar-refractivity contribution in [1.82, 2.24) is 0 Å². The highest BCUT2D eigenvalue weighted by Gasteiger charge is 2.59. The second-order valence-electron chi connectivity index (χ2n) is 20.0. The summed E-state index contributed by atoms with van der Waals surface area (Å²) in [5.41, 5.74) is 5.11. The fourth-order valence-electron chi connectivity index (χ4n) is 12.2. The molecule has 0 bridgehead atoms. The van der Waals surface area contributed by atoms with Gasteiger partial charge < -0.3 is 14.2 Å². The average molecular weight is 795 g/mol. The van der Waals surface area contributed by atoms with E-state index in [9.17, 15) is 9.59 Å². The molecular formula is C53H78O5. The van der Waals surface area contributed by atoms with Gasteiger partial charge in [0.15, 0.2) is 0 Å². The molecule has 6 rings (SSSR count). The Morgan fingerprint density at radius 1 is 0.741 bits per heavy atom. The number of carbonyl (C=O) groups excluding carboxylic acids is 2. The molecule has 3 saturated carbocycles. The number of ether oxygens (including phenoxy) is 3.